The third-order valence-corrected chi connectivity index (χ3v) is 5.74. The molecule has 0 unspecified atom stereocenters. The summed E-state index contributed by atoms with van der Waals surface area (Å²) in [5, 5.41) is 5.59. The fourth-order valence-electron chi connectivity index (χ4n) is 2.50. The number of carbonyl (C=O) groups is 2. The molecular formula is C14H24ClN5O4S. The quantitative estimate of drug-likeness (QED) is 0.658. The summed E-state index contributed by atoms with van der Waals surface area (Å²) in [5.41, 5.74) is 0.234. The van der Waals surface area contributed by atoms with Gasteiger partial charge in [-0.1, -0.05) is 0 Å². The van der Waals surface area contributed by atoms with Gasteiger partial charge in [-0.05, 0) is 6.07 Å². The molecule has 142 valence electrons. The Morgan fingerprint density at radius 1 is 1.32 bits per heavy atom. The van der Waals surface area contributed by atoms with E-state index in [9.17, 15) is 18.0 Å². The summed E-state index contributed by atoms with van der Waals surface area (Å²) < 4.78 is 27.7. The predicted molar refractivity (Wildman–Crippen MR) is 95.3 cm³/mol. The maximum absolute atomic E-state index is 12.6. The molecule has 0 radical (unpaired) electrons. The van der Waals surface area contributed by atoms with E-state index in [0.717, 1.165) is 4.31 Å². The Labute approximate surface area is 153 Å². The number of rotatable bonds is 5. The number of sulfonamides is 1. The van der Waals surface area contributed by atoms with E-state index in [0.29, 0.717) is 26.2 Å². The summed E-state index contributed by atoms with van der Waals surface area (Å²) in [4.78, 5) is 25.6. The maximum atomic E-state index is 12.6. The molecule has 11 heteroatoms. The van der Waals surface area contributed by atoms with E-state index in [4.69, 9.17) is 0 Å². The van der Waals surface area contributed by atoms with E-state index in [1.807, 2.05) is 0 Å². The SMILES string of the molecule is CNC(=O)c1cc(S(=O)(=O)N(C)CC(=O)N2CCNCC2)cn1C.Cl. The lowest BCUT2D eigenvalue weighted by Crippen LogP contribution is -2.49. The van der Waals surface area contributed by atoms with Gasteiger partial charge < -0.3 is 20.1 Å². The van der Waals surface area contributed by atoms with Gasteiger partial charge in [-0.15, -0.1) is 12.4 Å². The van der Waals surface area contributed by atoms with Crippen LogP contribution in [0.25, 0.3) is 0 Å². The number of nitrogens with zero attached hydrogens (tertiary/aromatic N) is 3. The molecule has 2 rings (SSSR count). The fourth-order valence-corrected chi connectivity index (χ4v) is 3.69. The van der Waals surface area contributed by atoms with Gasteiger partial charge in [-0.3, -0.25) is 9.59 Å². The summed E-state index contributed by atoms with van der Waals surface area (Å²) >= 11 is 0. The Morgan fingerprint density at radius 3 is 2.48 bits per heavy atom. The molecule has 2 N–H and O–H groups in total. The molecule has 0 aromatic carbocycles. The molecule has 1 aliphatic rings. The first-order chi connectivity index (χ1) is 11.3. The van der Waals surface area contributed by atoms with Crippen molar-refractivity contribution in [2.45, 2.75) is 4.90 Å². The summed E-state index contributed by atoms with van der Waals surface area (Å²) in [6.07, 6.45) is 1.37. The van der Waals surface area contributed by atoms with Crippen LogP contribution in [0.15, 0.2) is 17.2 Å². The van der Waals surface area contributed by atoms with Crippen LogP contribution in [0.2, 0.25) is 0 Å². The van der Waals surface area contributed by atoms with E-state index >= 15 is 0 Å². The lowest BCUT2D eigenvalue weighted by molar-refractivity contribution is -0.131. The second kappa shape index (κ2) is 8.65. The van der Waals surface area contributed by atoms with Crippen molar-refractivity contribution in [1.29, 1.82) is 0 Å². The summed E-state index contributed by atoms with van der Waals surface area (Å²) in [6, 6.07) is 1.31. The monoisotopic (exact) mass is 393 g/mol. The van der Waals surface area contributed by atoms with E-state index in [2.05, 4.69) is 10.6 Å². The van der Waals surface area contributed by atoms with Gasteiger partial charge in [0.25, 0.3) is 5.91 Å². The number of aromatic nitrogens is 1. The van der Waals surface area contributed by atoms with Gasteiger partial charge in [0.05, 0.1) is 6.54 Å². The maximum Gasteiger partial charge on any atom is 0.267 e. The molecule has 1 saturated heterocycles. The van der Waals surface area contributed by atoms with Crippen LogP contribution in [0, 0.1) is 0 Å². The Morgan fingerprint density at radius 2 is 1.92 bits per heavy atom. The molecule has 0 aliphatic carbocycles. The molecule has 0 atom stereocenters. The molecule has 25 heavy (non-hydrogen) atoms. The van der Waals surface area contributed by atoms with Crippen LogP contribution < -0.4 is 10.6 Å². The summed E-state index contributed by atoms with van der Waals surface area (Å²) in [7, 11) is 0.583. The highest BCUT2D eigenvalue weighted by Gasteiger charge is 2.28. The number of hydrogen-bond acceptors (Lipinski definition) is 5. The highest BCUT2D eigenvalue weighted by atomic mass is 35.5. The van der Waals surface area contributed by atoms with Crippen molar-refractivity contribution in [3.05, 3.63) is 18.0 Å². The molecule has 0 saturated carbocycles. The highest BCUT2D eigenvalue weighted by Crippen LogP contribution is 2.17. The first-order valence-electron chi connectivity index (χ1n) is 7.60. The number of carbonyl (C=O) groups excluding carboxylic acids is 2. The third-order valence-electron chi connectivity index (χ3n) is 3.98. The number of halogens is 1. The third kappa shape index (κ3) is 4.72. The first kappa shape index (κ1) is 21.4. The molecule has 1 aromatic rings. The van der Waals surface area contributed by atoms with Crippen LogP contribution in [0.5, 0.6) is 0 Å². The minimum Gasteiger partial charge on any atom is -0.354 e. The lowest BCUT2D eigenvalue weighted by Gasteiger charge is -2.29. The summed E-state index contributed by atoms with van der Waals surface area (Å²) in [5.74, 6) is -0.608. The predicted octanol–water partition coefficient (Wildman–Crippen LogP) is -1.14. The van der Waals surface area contributed by atoms with Crippen molar-refractivity contribution < 1.29 is 18.0 Å². The van der Waals surface area contributed by atoms with Crippen molar-refractivity contribution >= 4 is 34.2 Å². The van der Waals surface area contributed by atoms with Gasteiger partial charge in [0.15, 0.2) is 0 Å². The van der Waals surface area contributed by atoms with Crippen molar-refractivity contribution in [2.75, 3.05) is 46.8 Å². The summed E-state index contributed by atoms with van der Waals surface area (Å²) in [6.45, 7) is 2.32. The second-order valence-electron chi connectivity index (χ2n) is 5.64. The van der Waals surface area contributed by atoms with E-state index < -0.39 is 10.0 Å². The molecule has 2 amide bonds. The fraction of sp³-hybridized carbons (Fsp3) is 0.571. The Kier molecular flexibility index (Phi) is 7.42. The minimum atomic E-state index is -3.85. The molecule has 2 heterocycles. The standard InChI is InChI=1S/C14H23N5O4S.ClH/c1-15-14(21)12-8-11(9-17(12)2)24(22,23)18(3)10-13(20)19-6-4-16-5-7-19;/h8-9,16H,4-7,10H2,1-3H3,(H,15,21);1H. The molecule has 1 fully saturated rings. The number of hydrogen-bond donors (Lipinski definition) is 2. The molecule has 0 spiro atoms. The average molecular weight is 394 g/mol. The van der Waals surface area contributed by atoms with Gasteiger partial charge >= 0.3 is 0 Å². The zero-order chi connectivity index (χ0) is 17.9. The van der Waals surface area contributed by atoms with Crippen LogP contribution in [0.4, 0.5) is 0 Å². The van der Waals surface area contributed by atoms with E-state index in [1.165, 1.54) is 30.9 Å². The van der Waals surface area contributed by atoms with Gasteiger partial charge in [0.2, 0.25) is 15.9 Å². The van der Waals surface area contributed by atoms with Crippen LogP contribution in [-0.2, 0) is 21.9 Å². The topological polar surface area (TPSA) is 104 Å². The zero-order valence-corrected chi connectivity index (χ0v) is 16.1. The number of nitrogens with one attached hydrogen (secondary N) is 2. The molecule has 9 nitrogen and oxygen atoms in total. The van der Waals surface area contributed by atoms with Crippen LogP contribution in [-0.4, -0.2) is 80.8 Å². The zero-order valence-electron chi connectivity index (χ0n) is 14.5. The van der Waals surface area contributed by atoms with Crippen LogP contribution >= 0.6 is 12.4 Å². The van der Waals surface area contributed by atoms with Gasteiger partial charge in [0.1, 0.15) is 10.6 Å². The van der Waals surface area contributed by atoms with Gasteiger partial charge in [-0.25, -0.2) is 8.42 Å². The van der Waals surface area contributed by atoms with Crippen molar-refractivity contribution in [1.82, 2.24) is 24.4 Å². The van der Waals surface area contributed by atoms with Crippen molar-refractivity contribution in [3.63, 3.8) is 0 Å². The second-order valence-corrected chi connectivity index (χ2v) is 7.69. The lowest BCUT2D eigenvalue weighted by atomic mass is 10.3. The largest absolute Gasteiger partial charge is 0.354 e. The molecule has 1 aliphatic heterocycles. The number of aryl methyl sites for hydroxylation is 1. The molecular weight excluding hydrogens is 370 g/mol. The van der Waals surface area contributed by atoms with E-state index in [-0.39, 0.29) is 41.4 Å². The Hall–Kier alpha value is -1.62. The average Bonchev–Trinajstić information content (AvgIpc) is 2.97. The van der Waals surface area contributed by atoms with Crippen molar-refractivity contribution in [3.8, 4) is 0 Å². The van der Waals surface area contributed by atoms with Gasteiger partial charge in [0, 0.05) is 53.5 Å². The van der Waals surface area contributed by atoms with E-state index in [1.54, 1.807) is 11.9 Å². The van der Waals surface area contributed by atoms with Crippen molar-refractivity contribution in [2.24, 2.45) is 7.05 Å². The van der Waals surface area contributed by atoms with Crippen LogP contribution in [0.1, 0.15) is 10.5 Å². The normalized spacial score (nSPS) is 15.0. The Bertz CT molecular complexity index is 728. The molecule has 1 aromatic heterocycles. The first-order valence-corrected chi connectivity index (χ1v) is 9.04. The highest BCUT2D eigenvalue weighted by molar-refractivity contribution is 7.89. The molecule has 0 bridgehead atoms. The smallest absolute Gasteiger partial charge is 0.267 e. The number of amides is 2. The number of likely N-dealkylation sites (N-methyl/N-ethyl adjacent to an activating group) is 1. The van der Waals surface area contributed by atoms with Gasteiger partial charge in [-0.2, -0.15) is 4.31 Å². The minimum absolute atomic E-state index is 0. The number of piperazine rings is 1. The Balaban J connectivity index is 0.00000312. The van der Waals surface area contributed by atoms with Crippen LogP contribution in [0.3, 0.4) is 0 Å².